The molecule has 0 unspecified atom stereocenters. The largest absolute Gasteiger partial charge is 0.481 e. The van der Waals surface area contributed by atoms with E-state index in [9.17, 15) is 4.79 Å². The Morgan fingerprint density at radius 1 is 1.27 bits per heavy atom. The normalized spacial score (nSPS) is 16.1. The van der Waals surface area contributed by atoms with Crippen molar-refractivity contribution in [1.29, 1.82) is 0 Å². The van der Waals surface area contributed by atoms with Gasteiger partial charge in [0.05, 0.1) is 34.1 Å². The average Bonchev–Trinajstić information content (AvgIpc) is 3.52. The molecule has 0 saturated carbocycles. The lowest BCUT2D eigenvalue weighted by molar-refractivity contribution is 0.0728. The van der Waals surface area contributed by atoms with Crippen molar-refractivity contribution in [1.82, 2.24) is 24.8 Å². The Balaban J connectivity index is 1.53. The molecule has 0 aliphatic carbocycles. The molecule has 0 radical (unpaired) electrons. The van der Waals surface area contributed by atoms with Crippen LogP contribution in [0.1, 0.15) is 39.3 Å². The van der Waals surface area contributed by atoms with E-state index in [1.54, 1.807) is 24.3 Å². The molecule has 4 heterocycles. The summed E-state index contributed by atoms with van der Waals surface area (Å²) in [4.78, 5) is 33.4. The number of benzene rings is 1. The molecule has 5 rings (SSSR count). The van der Waals surface area contributed by atoms with Gasteiger partial charge in [-0.3, -0.25) is 4.79 Å². The fourth-order valence-electron chi connectivity index (χ4n) is 4.16. The van der Waals surface area contributed by atoms with E-state index in [2.05, 4.69) is 21.5 Å². The first-order valence-corrected chi connectivity index (χ1v) is 11.7. The number of halogens is 1. The zero-order valence-electron chi connectivity index (χ0n) is 18.5. The number of ether oxygens (including phenoxy) is 1. The Morgan fingerprint density at radius 2 is 2.09 bits per heavy atom. The van der Waals surface area contributed by atoms with Crippen LogP contribution in [0.15, 0.2) is 42.6 Å². The Kier molecular flexibility index (Phi) is 5.42. The van der Waals surface area contributed by atoms with Crippen molar-refractivity contribution in [3.8, 4) is 16.3 Å². The van der Waals surface area contributed by atoms with Crippen molar-refractivity contribution in [3.05, 3.63) is 69.7 Å². The summed E-state index contributed by atoms with van der Waals surface area (Å²) >= 11 is 7.76. The molecular weight excluding hydrogens is 458 g/mol. The van der Waals surface area contributed by atoms with Crippen LogP contribution in [0.3, 0.4) is 0 Å². The van der Waals surface area contributed by atoms with Crippen LogP contribution in [-0.2, 0) is 0 Å². The number of imidazole rings is 1. The van der Waals surface area contributed by atoms with E-state index in [4.69, 9.17) is 21.3 Å². The highest BCUT2D eigenvalue weighted by Gasteiger charge is 2.37. The number of H-pyrrole nitrogens is 1. The first-order valence-electron chi connectivity index (χ1n) is 10.5. The molecule has 1 atom stereocenters. The monoisotopic (exact) mass is 479 g/mol. The second-order valence-corrected chi connectivity index (χ2v) is 9.70. The number of hydrogen-bond donors (Lipinski definition) is 1. The molecule has 1 saturated heterocycles. The molecular formula is C24H22ClN5O2S. The second-order valence-electron chi connectivity index (χ2n) is 8.09. The fraction of sp³-hybridized carbons (Fsp3) is 0.250. The standard InChI is InChI=1S/C24H22ClN5O2S/c1-12-9-18(23-28-17-7-6-16(25)13(2)20(17)29-23)30(11-12)24(31)21-22(33-14(3)27-21)15-5-8-19(32-4)26-10-15/h5-8,10,18H,1,9,11H2,2-4H3,(H,28,29)/t18-/m0/s1. The third kappa shape index (κ3) is 3.79. The van der Waals surface area contributed by atoms with E-state index in [0.29, 0.717) is 29.6 Å². The van der Waals surface area contributed by atoms with Crippen LogP contribution in [0.25, 0.3) is 21.5 Å². The molecule has 168 valence electrons. The number of nitrogens with zero attached hydrogens (tertiary/aromatic N) is 4. The van der Waals surface area contributed by atoms with E-state index in [-0.39, 0.29) is 11.9 Å². The van der Waals surface area contributed by atoms with Crippen LogP contribution in [0, 0.1) is 13.8 Å². The molecule has 1 aliphatic rings. The number of hydrogen-bond acceptors (Lipinski definition) is 6. The van der Waals surface area contributed by atoms with Crippen LogP contribution >= 0.6 is 22.9 Å². The Labute approximate surface area is 200 Å². The second kappa shape index (κ2) is 8.28. The van der Waals surface area contributed by atoms with Crippen molar-refractivity contribution in [3.63, 3.8) is 0 Å². The number of carbonyl (C=O) groups excluding carboxylic acids is 1. The summed E-state index contributed by atoms with van der Waals surface area (Å²) in [5.74, 6) is 1.09. The summed E-state index contributed by atoms with van der Waals surface area (Å²) in [7, 11) is 1.57. The molecule has 1 amide bonds. The van der Waals surface area contributed by atoms with E-state index in [0.717, 1.165) is 43.4 Å². The van der Waals surface area contributed by atoms with Crippen molar-refractivity contribution in [2.45, 2.75) is 26.3 Å². The maximum Gasteiger partial charge on any atom is 0.274 e. The molecule has 9 heteroatoms. The number of aryl methyl sites for hydroxylation is 2. The van der Waals surface area contributed by atoms with E-state index < -0.39 is 0 Å². The van der Waals surface area contributed by atoms with Crippen LogP contribution in [0.2, 0.25) is 5.02 Å². The van der Waals surface area contributed by atoms with Crippen molar-refractivity contribution < 1.29 is 9.53 Å². The fourth-order valence-corrected chi connectivity index (χ4v) is 5.22. The summed E-state index contributed by atoms with van der Waals surface area (Å²) in [6, 6.07) is 7.15. The van der Waals surface area contributed by atoms with Gasteiger partial charge in [0.1, 0.15) is 11.5 Å². The molecule has 1 aromatic carbocycles. The number of aromatic nitrogens is 4. The van der Waals surface area contributed by atoms with Gasteiger partial charge in [0.15, 0.2) is 0 Å². The molecule has 3 aromatic heterocycles. The van der Waals surface area contributed by atoms with E-state index in [1.807, 2.05) is 32.0 Å². The first-order chi connectivity index (χ1) is 15.9. The molecule has 7 nitrogen and oxygen atoms in total. The van der Waals surface area contributed by atoms with Crippen LogP contribution in [0.4, 0.5) is 0 Å². The van der Waals surface area contributed by atoms with Crippen molar-refractivity contribution >= 4 is 39.9 Å². The molecule has 0 bridgehead atoms. The Bertz CT molecular complexity index is 1390. The summed E-state index contributed by atoms with van der Waals surface area (Å²) < 4.78 is 5.16. The number of carbonyl (C=O) groups is 1. The van der Waals surface area contributed by atoms with Gasteiger partial charge in [-0.25, -0.2) is 15.0 Å². The third-order valence-electron chi connectivity index (χ3n) is 5.84. The predicted molar refractivity (Wildman–Crippen MR) is 130 cm³/mol. The minimum atomic E-state index is -0.251. The maximum atomic E-state index is 13.8. The van der Waals surface area contributed by atoms with Gasteiger partial charge in [-0.2, -0.15) is 0 Å². The zero-order valence-corrected chi connectivity index (χ0v) is 20.0. The lowest BCUT2D eigenvalue weighted by atomic mass is 10.1. The molecule has 0 spiro atoms. The number of methoxy groups -OCH3 is 1. The van der Waals surface area contributed by atoms with Gasteiger partial charge in [-0.15, -0.1) is 11.3 Å². The number of amides is 1. The Hall–Kier alpha value is -3.23. The quantitative estimate of drug-likeness (QED) is 0.390. The van der Waals surface area contributed by atoms with Crippen molar-refractivity contribution in [2.75, 3.05) is 13.7 Å². The zero-order chi connectivity index (χ0) is 23.3. The summed E-state index contributed by atoms with van der Waals surface area (Å²) in [5, 5.41) is 1.49. The topological polar surface area (TPSA) is 84.0 Å². The Morgan fingerprint density at radius 3 is 2.82 bits per heavy atom. The van der Waals surface area contributed by atoms with Gasteiger partial charge in [0.25, 0.3) is 5.91 Å². The van der Waals surface area contributed by atoms with Gasteiger partial charge in [-0.05, 0) is 44.0 Å². The molecule has 33 heavy (non-hydrogen) atoms. The lowest BCUT2D eigenvalue weighted by Crippen LogP contribution is -2.31. The minimum absolute atomic E-state index is 0.149. The number of thiazole rings is 1. The average molecular weight is 480 g/mol. The van der Waals surface area contributed by atoms with Gasteiger partial charge in [0, 0.05) is 29.4 Å². The molecule has 1 N–H and O–H groups in total. The third-order valence-corrected chi connectivity index (χ3v) is 7.27. The smallest absolute Gasteiger partial charge is 0.274 e. The van der Waals surface area contributed by atoms with Gasteiger partial charge in [0.2, 0.25) is 5.88 Å². The van der Waals surface area contributed by atoms with Gasteiger partial charge in [-0.1, -0.05) is 23.8 Å². The van der Waals surface area contributed by atoms with Gasteiger partial charge >= 0.3 is 0 Å². The number of pyridine rings is 1. The maximum absolute atomic E-state index is 13.8. The number of rotatable bonds is 4. The highest BCUT2D eigenvalue weighted by Crippen LogP contribution is 2.38. The molecule has 1 aliphatic heterocycles. The molecule has 1 fully saturated rings. The highest BCUT2D eigenvalue weighted by molar-refractivity contribution is 7.15. The number of fused-ring (bicyclic) bond motifs is 1. The number of aromatic amines is 1. The summed E-state index contributed by atoms with van der Waals surface area (Å²) in [5.41, 5.74) is 4.87. The summed E-state index contributed by atoms with van der Waals surface area (Å²) in [6.07, 6.45) is 2.34. The predicted octanol–water partition coefficient (Wildman–Crippen LogP) is 5.50. The van der Waals surface area contributed by atoms with E-state index >= 15 is 0 Å². The number of nitrogens with one attached hydrogen (secondary N) is 1. The van der Waals surface area contributed by atoms with Gasteiger partial charge < -0.3 is 14.6 Å². The van der Waals surface area contributed by atoms with Crippen LogP contribution in [0.5, 0.6) is 5.88 Å². The van der Waals surface area contributed by atoms with Crippen LogP contribution < -0.4 is 4.74 Å². The first kappa shape index (κ1) is 21.6. The lowest BCUT2D eigenvalue weighted by Gasteiger charge is -2.22. The van der Waals surface area contributed by atoms with Crippen molar-refractivity contribution in [2.24, 2.45) is 0 Å². The SMILES string of the molecule is C=C1C[C@@H](c2nc3ccc(Cl)c(C)c3[nH]2)N(C(=O)c2nc(C)sc2-c2ccc(OC)nc2)C1. The number of likely N-dealkylation sites (tertiary alicyclic amines) is 1. The molecule has 4 aromatic rings. The highest BCUT2D eigenvalue weighted by atomic mass is 35.5. The van der Waals surface area contributed by atoms with E-state index in [1.165, 1.54) is 11.3 Å². The minimum Gasteiger partial charge on any atom is -0.481 e. The summed E-state index contributed by atoms with van der Waals surface area (Å²) in [6.45, 7) is 8.46. The van der Waals surface area contributed by atoms with Crippen LogP contribution in [-0.4, -0.2) is 44.4 Å².